The van der Waals surface area contributed by atoms with Crippen molar-refractivity contribution in [2.45, 2.75) is 24.4 Å². The zero-order chi connectivity index (χ0) is 20.4. The van der Waals surface area contributed by atoms with E-state index in [0.29, 0.717) is 17.2 Å². The number of benzene rings is 2. The molecule has 0 fully saturated rings. The lowest BCUT2D eigenvalue weighted by molar-refractivity contribution is 0.667. The van der Waals surface area contributed by atoms with Gasteiger partial charge in [-0.25, -0.2) is 4.98 Å². The van der Waals surface area contributed by atoms with Gasteiger partial charge in [0.1, 0.15) is 11.0 Å². The molecule has 29 heavy (non-hydrogen) atoms. The molecule has 0 aliphatic rings. The van der Waals surface area contributed by atoms with E-state index in [0.717, 1.165) is 22.4 Å². The second kappa shape index (κ2) is 8.13. The molecule has 4 rings (SSSR count). The van der Waals surface area contributed by atoms with Gasteiger partial charge < -0.3 is 4.57 Å². The molecule has 4 nitrogen and oxygen atoms in total. The third-order valence-corrected chi connectivity index (χ3v) is 5.97. The molecule has 0 amide bonds. The molecule has 2 heterocycles. The Labute approximate surface area is 174 Å². The van der Waals surface area contributed by atoms with Gasteiger partial charge in [0.2, 0.25) is 0 Å². The molecule has 2 aromatic carbocycles. The number of rotatable bonds is 6. The first-order chi connectivity index (χ1) is 14.1. The lowest BCUT2D eigenvalue weighted by Gasteiger charge is -2.11. The summed E-state index contributed by atoms with van der Waals surface area (Å²) in [5, 5.41) is 0.714. The van der Waals surface area contributed by atoms with Crippen LogP contribution in [0.15, 0.2) is 83.4 Å². The Morgan fingerprint density at radius 1 is 1.10 bits per heavy atom. The topological polar surface area (TPSA) is 39.8 Å². The summed E-state index contributed by atoms with van der Waals surface area (Å²) in [7, 11) is 1.90. The largest absolute Gasteiger partial charge is 0.344 e. The van der Waals surface area contributed by atoms with Crippen LogP contribution in [0, 0.1) is 6.92 Å². The molecule has 0 aliphatic carbocycles. The Bertz CT molecular complexity index is 1220. The smallest absolute Gasteiger partial charge is 0.279 e. The lowest BCUT2D eigenvalue weighted by Crippen LogP contribution is -2.24. The van der Waals surface area contributed by atoms with E-state index in [1.807, 2.05) is 48.1 Å². The number of hydrogen-bond donors (Lipinski definition) is 0. The second-order valence-electron chi connectivity index (χ2n) is 7.09. The van der Waals surface area contributed by atoms with Crippen LogP contribution in [0.2, 0.25) is 0 Å². The van der Waals surface area contributed by atoms with Crippen molar-refractivity contribution < 1.29 is 0 Å². The molecule has 0 bridgehead atoms. The van der Waals surface area contributed by atoms with Crippen LogP contribution in [-0.4, -0.2) is 14.1 Å². The SMILES string of the molecule is C=CCn1c(SCc2ccc(C)cc2)nc2c(-c3ccccc3)cn(C)c2c1=O. The van der Waals surface area contributed by atoms with Gasteiger partial charge in [-0.1, -0.05) is 78.0 Å². The number of nitrogens with zero attached hydrogens (tertiary/aromatic N) is 3. The monoisotopic (exact) mass is 401 g/mol. The van der Waals surface area contributed by atoms with E-state index in [4.69, 9.17) is 4.98 Å². The van der Waals surface area contributed by atoms with Gasteiger partial charge in [-0.15, -0.1) is 6.58 Å². The highest BCUT2D eigenvalue weighted by Crippen LogP contribution is 2.30. The number of thioether (sulfide) groups is 1. The van der Waals surface area contributed by atoms with Crippen LogP contribution in [0.4, 0.5) is 0 Å². The van der Waals surface area contributed by atoms with Crippen molar-refractivity contribution >= 4 is 22.8 Å². The number of fused-ring (bicyclic) bond motifs is 1. The van der Waals surface area contributed by atoms with Crippen LogP contribution in [-0.2, 0) is 19.3 Å². The molecule has 0 saturated carbocycles. The molecule has 0 saturated heterocycles. The van der Waals surface area contributed by atoms with E-state index in [9.17, 15) is 4.79 Å². The van der Waals surface area contributed by atoms with E-state index in [-0.39, 0.29) is 5.56 Å². The fraction of sp³-hybridized carbons (Fsp3) is 0.167. The van der Waals surface area contributed by atoms with E-state index in [1.54, 1.807) is 22.4 Å². The summed E-state index contributed by atoms with van der Waals surface area (Å²) in [5.74, 6) is 0.753. The summed E-state index contributed by atoms with van der Waals surface area (Å²) >= 11 is 1.58. The summed E-state index contributed by atoms with van der Waals surface area (Å²) in [6.45, 7) is 6.33. The van der Waals surface area contributed by atoms with Gasteiger partial charge in [0.25, 0.3) is 5.56 Å². The first kappa shape index (κ1) is 19.3. The van der Waals surface area contributed by atoms with Gasteiger partial charge in [-0.05, 0) is 18.1 Å². The Morgan fingerprint density at radius 2 is 1.83 bits per heavy atom. The molecule has 4 aromatic rings. The minimum Gasteiger partial charge on any atom is -0.344 e. The molecule has 0 radical (unpaired) electrons. The molecule has 146 valence electrons. The number of allylic oxidation sites excluding steroid dienone is 1. The molecule has 5 heteroatoms. The van der Waals surface area contributed by atoms with Crippen molar-refractivity contribution in [3.8, 4) is 11.1 Å². The summed E-state index contributed by atoms with van der Waals surface area (Å²) < 4.78 is 3.59. The van der Waals surface area contributed by atoms with Crippen LogP contribution in [0.1, 0.15) is 11.1 Å². The maximum Gasteiger partial charge on any atom is 0.279 e. The molecule has 0 spiro atoms. The Balaban J connectivity index is 1.83. The van der Waals surface area contributed by atoms with Gasteiger partial charge in [-0.2, -0.15) is 0 Å². The maximum atomic E-state index is 13.3. The van der Waals surface area contributed by atoms with Crippen LogP contribution >= 0.6 is 11.8 Å². The van der Waals surface area contributed by atoms with Crippen LogP contribution in [0.5, 0.6) is 0 Å². The molecule has 0 N–H and O–H groups in total. The van der Waals surface area contributed by atoms with Gasteiger partial charge >= 0.3 is 0 Å². The Hall–Kier alpha value is -3.05. The summed E-state index contributed by atoms with van der Waals surface area (Å²) in [5.41, 5.74) is 5.80. The van der Waals surface area contributed by atoms with Crippen LogP contribution < -0.4 is 5.56 Å². The van der Waals surface area contributed by atoms with E-state index < -0.39 is 0 Å². The lowest BCUT2D eigenvalue weighted by atomic mass is 10.1. The maximum absolute atomic E-state index is 13.3. The van der Waals surface area contributed by atoms with E-state index >= 15 is 0 Å². The molecule has 0 aliphatic heterocycles. The average molecular weight is 402 g/mol. The van der Waals surface area contributed by atoms with Crippen molar-refractivity contribution in [2.24, 2.45) is 7.05 Å². The van der Waals surface area contributed by atoms with Crippen molar-refractivity contribution in [1.82, 2.24) is 14.1 Å². The third kappa shape index (κ3) is 3.78. The summed E-state index contributed by atoms with van der Waals surface area (Å²) in [6.07, 6.45) is 3.73. The summed E-state index contributed by atoms with van der Waals surface area (Å²) in [4.78, 5) is 18.2. The average Bonchev–Trinajstić information content (AvgIpc) is 3.07. The fourth-order valence-electron chi connectivity index (χ4n) is 3.41. The van der Waals surface area contributed by atoms with Crippen molar-refractivity contribution in [3.63, 3.8) is 0 Å². The number of aryl methyl sites for hydroxylation is 2. The molecule has 0 atom stereocenters. The zero-order valence-electron chi connectivity index (χ0n) is 16.6. The molecule has 0 unspecified atom stereocenters. The van der Waals surface area contributed by atoms with E-state index in [1.165, 1.54) is 11.1 Å². The second-order valence-corrected chi connectivity index (χ2v) is 8.03. The predicted octanol–water partition coefficient (Wildman–Crippen LogP) is 5.19. The third-order valence-electron chi connectivity index (χ3n) is 4.93. The minimum absolute atomic E-state index is 0.0361. The van der Waals surface area contributed by atoms with Crippen molar-refractivity contribution in [3.05, 3.63) is 94.9 Å². The molecular formula is C24H23N3OS. The first-order valence-corrected chi connectivity index (χ1v) is 10.5. The standard InChI is InChI=1S/C24H23N3OS/c1-4-14-27-23(28)22-21(20(15-26(22)3)19-8-6-5-7-9-19)25-24(27)29-16-18-12-10-17(2)11-13-18/h4-13,15H,1,14,16H2,2-3H3. The number of aromatic nitrogens is 3. The van der Waals surface area contributed by atoms with Gasteiger partial charge in [0, 0.05) is 31.1 Å². The molecular weight excluding hydrogens is 378 g/mol. The fourth-order valence-corrected chi connectivity index (χ4v) is 4.37. The zero-order valence-corrected chi connectivity index (χ0v) is 17.4. The van der Waals surface area contributed by atoms with Crippen molar-refractivity contribution in [2.75, 3.05) is 0 Å². The van der Waals surface area contributed by atoms with Crippen LogP contribution in [0.25, 0.3) is 22.2 Å². The highest BCUT2D eigenvalue weighted by atomic mass is 32.2. The Morgan fingerprint density at radius 3 is 2.52 bits per heavy atom. The van der Waals surface area contributed by atoms with E-state index in [2.05, 4.69) is 37.8 Å². The normalized spacial score (nSPS) is 11.1. The van der Waals surface area contributed by atoms with Crippen molar-refractivity contribution in [1.29, 1.82) is 0 Å². The molecule has 2 aromatic heterocycles. The highest BCUT2D eigenvalue weighted by molar-refractivity contribution is 7.98. The van der Waals surface area contributed by atoms with Gasteiger partial charge in [0.15, 0.2) is 5.16 Å². The Kier molecular flexibility index (Phi) is 5.41. The van der Waals surface area contributed by atoms with Gasteiger partial charge in [-0.3, -0.25) is 9.36 Å². The van der Waals surface area contributed by atoms with Crippen LogP contribution in [0.3, 0.4) is 0 Å². The predicted molar refractivity (Wildman–Crippen MR) is 121 cm³/mol. The minimum atomic E-state index is -0.0361. The quantitative estimate of drug-likeness (QED) is 0.254. The highest BCUT2D eigenvalue weighted by Gasteiger charge is 2.18. The van der Waals surface area contributed by atoms with Gasteiger partial charge in [0.05, 0.1) is 0 Å². The summed E-state index contributed by atoms with van der Waals surface area (Å²) in [6, 6.07) is 18.5. The first-order valence-electron chi connectivity index (χ1n) is 9.53. The number of hydrogen-bond acceptors (Lipinski definition) is 3.